The van der Waals surface area contributed by atoms with Gasteiger partial charge in [-0.15, -0.1) is 0 Å². The SMILES string of the molecule is Nc1cc(Br)cnc1Oc1cc(F)c([N+](=O)[O-])cc1F. The summed E-state index contributed by atoms with van der Waals surface area (Å²) in [7, 11) is 0. The predicted molar refractivity (Wildman–Crippen MR) is 69.4 cm³/mol. The van der Waals surface area contributed by atoms with E-state index in [0.29, 0.717) is 16.6 Å². The summed E-state index contributed by atoms with van der Waals surface area (Å²) in [6.45, 7) is 0. The van der Waals surface area contributed by atoms with E-state index in [1.54, 1.807) is 0 Å². The molecule has 104 valence electrons. The summed E-state index contributed by atoms with van der Waals surface area (Å²) < 4.78 is 32.6. The van der Waals surface area contributed by atoms with E-state index in [4.69, 9.17) is 10.5 Å². The average Bonchev–Trinajstić information content (AvgIpc) is 2.36. The van der Waals surface area contributed by atoms with Gasteiger partial charge in [0.25, 0.3) is 0 Å². The van der Waals surface area contributed by atoms with Crippen molar-refractivity contribution in [2.75, 3.05) is 5.73 Å². The Morgan fingerprint density at radius 1 is 1.30 bits per heavy atom. The van der Waals surface area contributed by atoms with Crippen LogP contribution in [0.4, 0.5) is 20.2 Å². The van der Waals surface area contributed by atoms with Crippen LogP contribution in [0.2, 0.25) is 0 Å². The standard InChI is InChI=1S/C11H6BrF2N3O3/c12-5-1-8(15)11(16-4-5)20-10-3-6(13)9(17(18)19)2-7(10)14/h1-4H,15H2. The van der Waals surface area contributed by atoms with E-state index in [-0.39, 0.29) is 11.6 Å². The quantitative estimate of drug-likeness (QED) is 0.679. The molecule has 0 saturated carbocycles. The molecule has 0 amide bonds. The molecule has 1 aromatic heterocycles. The zero-order valence-electron chi connectivity index (χ0n) is 9.64. The second kappa shape index (κ2) is 5.37. The zero-order valence-corrected chi connectivity index (χ0v) is 11.2. The minimum absolute atomic E-state index is 0.0949. The Labute approximate surface area is 119 Å². The highest BCUT2D eigenvalue weighted by molar-refractivity contribution is 9.10. The normalized spacial score (nSPS) is 10.3. The van der Waals surface area contributed by atoms with Gasteiger partial charge in [-0.05, 0) is 22.0 Å². The highest BCUT2D eigenvalue weighted by Gasteiger charge is 2.20. The van der Waals surface area contributed by atoms with Crippen molar-refractivity contribution in [3.8, 4) is 11.6 Å². The zero-order chi connectivity index (χ0) is 14.9. The number of hydrogen-bond donors (Lipinski definition) is 1. The van der Waals surface area contributed by atoms with Gasteiger partial charge in [0.15, 0.2) is 11.6 Å². The number of benzene rings is 1. The number of aromatic nitrogens is 1. The second-order valence-electron chi connectivity index (χ2n) is 3.64. The molecular weight excluding hydrogens is 340 g/mol. The third kappa shape index (κ3) is 2.82. The monoisotopic (exact) mass is 345 g/mol. The number of hydrogen-bond acceptors (Lipinski definition) is 5. The fourth-order valence-corrected chi connectivity index (χ4v) is 1.72. The molecule has 2 N–H and O–H groups in total. The Bertz CT molecular complexity index is 697. The molecule has 0 fully saturated rings. The van der Waals surface area contributed by atoms with E-state index in [0.717, 1.165) is 0 Å². The molecule has 0 saturated heterocycles. The summed E-state index contributed by atoms with van der Waals surface area (Å²) in [5.41, 5.74) is 4.71. The molecule has 0 aliphatic heterocycles. The molecule has 0 atom stereocenters. The molecule has 0 bridgehead atoms. The first kappa shape index (κ1) is 14.1. The molecule has 0 unspecified atom stereocenters. The molecule has 0 radical (unpaired) electrons. The molecule has 2 aromatic rings. The number of nitro benzene ring substituents is 1. The second-order valence-corrected chi connectivity index (χ2v) is 4.56. The summed E-state index contributed by atoms with van der Waals surface area (Å²) in [5, 5.41) is 10.5. The number of ether oxygens (including phenoxy) is 1. The summed E-state index contributed by atoms with van der Waals surface area (Å²) in [6.07, 6.45) is 1.35. The Hall–Kier alpha value is -2.29. The van der Waals surface area contributed by atoms with Crippen molar-refractivity contribution < 1.29 is 18.4 Å². The minimum Gasteiger partial charge on any atom is -0.434 e. The van der Waals surface area contributed by atoms with Gasteiger partial charge in [-0.2, -0.15) is 4.39 Å². The maximum absolute atomic E-state index is 13.6. The first-order valence-electron chi connectivity index (χ1n) is 5.11. The van der Waals surface area contributed by atoms with Crippen LogP contribution in [0.15, 0.2) is 28.9 Å². The van der Waals surface area contributed by atoms with Gasteiger partial charge in [-0.3, -0.25) is 10.1 Å². The first-order chi connectivity index (χ1) is 9.38. The smallest absolute Gasteiger partial charge is 0.307 e. The van der Waals surface area contributed by atoms with Crippen molar-refractivity contribution in [3.63, 3.8) is 0 Å². The van der Waals surface area contributed by atoms with Gasteiger partial charge in [0.1, 0.15) is 0 Å². The molecule has 20 heavy (non-hydrogen) atoms. The van der Waals surface area contributed by atoms with Crippen LogP contribution >= 0.6 is 15.9 Å². The lowest BCUT2D eigenvalue weighted by Crippen LogP contribution is -1.99. The van der Waals surface area contributed by atoms with Crippen LogP contribution in [0.25, 0.3) is 0 Å². The maximum atomic E-state index is 13.6. The van der Waals surface area contributed by atoms with E-state index < -0.39 is 28.0 Å². The van der Waals surface area contributed by atoms with E-state index >= 15 is 0 Å². The summed E-state index contributed by atoms with van der Waals surface area (Å²) in [5.74, 6) is -3.00. The van der Waals surface area contributed by atoms with Gasteiger partial charge in [0.05, 0.1) is 16.7 Å². The van der Waals surface area contributed by atoms with E-state index in [1.807, 2.05) is 0 Å². The number of nitrogen functional groups attached to an aromatic ring is 1. The molecule has 1 aromatic carbocycles. The number of halogens is 3. The molecule has 0 spiro atoms. The minimum atomic E-state index is -1.22. The topological polar surface area (TPSA) is 91.3 Å². The Morgan fingerprint density at radius 2 is 2.00 bits per heavy atom. The van der Waals surface area contributed by atoms with E-state index in [2.05, 4.69) is 20.9 Å². The number of pyridine rings is 1. The fraction of sp³-hybridized carbons (Fsp3) is 0. The van der Waals surface area contributed by atoms with Gasteiger partial charge >= 0.3 is 5.69 Å². The maximum Gasteiger partial charge on any atom is 0.307 e. The molecule has 2 rings (SSSR count). The van der Waals surface area contributed by atoms with Crippen molar-refractivity contribution in [2.24, 2.45) is 0 Å². The molecule has 0 aliphatic rings. The lowest BCUT2D eigenvalue weighted by Gasteiger charge is -2.08. The molecule has 6 nitrogen and oxygen atoms in total. The summed E-state index contributed by atoms with van der Waals surface area (Å²) in [4.78, 5) is 13.2. The number of rotatable bonds is 3. The predicted octanol–water partition coefficient (Wildman–Crippen LogP) is 3.41. The highest BCUT2D eigenvalue weighted by Crippen LogP contribution is 2.32. The van der Waals surface area contributed by atoms with Crippen LogP contribution in [0.3, 0.4) is 0 Å². The summed E-state index contributed by atoms with van der Waals surface area (Å²) >= 11 is 3.13. The van der Waals surface area contributed by atoms with Gasteiger partial charge < -0.3 is 10.5 Å². The van der Waals surface area contributed by atoms with Gasteiger partial charge in [0.2, 0.25) is 11.7 Å². The largest absolute Gasteiger partial charge is 0.434 e. The summed E-state index contributed by atoms with van der Waals surface area (Å²) in [6, 6.07) is 2.46. The number of anilines is 1. The van der Waals surface area contributed by atoms with Crippen molar-refractivity contribution in [1.29, 1.82) is 0 Å². The fourth-order valence-electron chi connectivity index (χ4n) is 1.37. The van der Waals surface area contributed by atoms with E-state index in [1.165, 1.54) is 12.3 Å². The average molecular weight is 346 g/mol. The Morgan fingerprint density at radius 3 is 2.60 bits per heavy atom. The van der Waals surface area contributed by atoms with Gasteiger partial charge in [0, 0.05) is 16.7 Å². The molecule has 0 aliphatic carbocycles. The van der Waals surface area contributed by atoms with Crippen molar-refractivity contribution in [1.82, 2.24) is 4.98 Å². The Balaban J connectivity index is 2.39. The molecule has 1 heterocycles. The first-order valence-corrected chi connectivity index (χ1v) is 5.90. The lowest BCUT2D eigenvalue weighted by molar-refractivity contribution is -0.387. The number of nitrogens with two attached hydrogens (primary N) is 1. The van der Waals surface area contributed by atoms with Crippen LogP contribution in [-0.2, 0) is 0 Å². The third-order valence-electron chi connectivity index (χ3n) is 2.25. The number of nitro groups is 1. The van der Waals surface area contributed by atoms with Gasteiger partial charge in [-0.1, -0.05) is 0 Å². The Kier molecular flexibility index (Phi) is 3.79. The van der Waals surface area contributed by atoms with Crippen LogP contribution in [0.1, 0.15) is 0 Å². The highest BCUT2D eigenvalue weighted by atomic mass is 79.9. The molecule has 9 heteroatoms. The lowest BCUT2D eigenvalue weighted by atomic mass is 10.3. The van der Waals surface area contributed by atoms with Crippen LogP contribution in [-0.4, -0.2) is 9.91 Å². The van der Waals surface area contributed by atoms with Crippen LogP contribution in [0, 0.1) is 21.7 Å². The third-order valence-corrected chi connectivity index (χ3v) is 2.68. The van der Waals surface area contributed by atoms with Crippen LogP contribution in [0.5, 0.6) is 11.6 Å². The van der Waals surface area contributed by atoms with E-state index in [9.17, 15) is 18.9 Å². The van der Waals surface area contributed by atoms with Crippen molar-refractivity contribution in [3.05, 3.63) is 50.6 Å². The van der Waals surface area contributed by atoms with Crippen molar-refractivity contribution in [2.45, 2.75) is 0 Å². The molecular formula is C11H6BrF2N3O3. The van der Waals surface area contributed by atoms with Crippen LogP contribution < -0.4 is 10.5 Å². The van der Waals surface area contributed by atoms with Gasteiger partial charge in [-0.25, -0.2) is 9.37 Å². The van der Waals surface area contributed by atoms with Crippen molar-refractivity contribution >= 4 is 27.3 Å². The number of nitrogens with zero attached hydrogens (tertiary/aromatic N) is 2.